The largest absolute Gasteiger partial charge is 0.378 e. The van der Waals surface area contributed by atoms with E-state index in [1.54, 1.807) is 8.61 Å². The highest BCUT2D eigenvalue weighted by Gasteiger charge is 2.42. The lowest BCUT2D eigenvalue weighted by Gasteiger charge is -2.44. The van der Waals surface area contributed by atoms with Crippen molar-refractivity contribution in [1.82, 2.24) is 8.61 Å². The lowest BCUT2D eigenvalue weighted by atomic mass is 10.0. The molecule has 0 aromatic carbocycles. The molecule has 2 heterocycles. The van der Waals surface area contributed by atoms with Crippen LogP contribution in [0.2, 0.25) is 0 Å². The Morgan fingerprint density at radius 2 is 2.00 bits per heavy atom. The molecule has 0 radical (unpaired) electrons. The number of morpholine rings is 1. The molecule has 2 saturated heterocycles. The summed E-state index contributed by atoms with van der Waals surface area (Å²) in [6.07, 6.45) is 2.09. The summed E-state index contributed by atoms with van der Waals surface area (Å²) in [5.41, 5.74) is -0.447. The zero-order chi connectivity index (χ0) is 13.4. The van der Waals surface area contributed by atoms with Crippen LogP contribution < -0.4 is 0 Å². The third-order valence-corrected chi connectivity index (χ3v) is 6.01. The third-order valence-electron chi connectivity index (χ3n) is 3.79. The van der Waals surface area contributed by atoms with Gasteiger partial charge in [-0.15, -0.1) is 0 Å². The molecule has 106 valence electrons. The van der Waals surface area contributed by atoms with Gasteiger partial charge in [-0.25, -0.2) is 0 Å². The molecule has 2 aliphatic rings. The zero-order valence-corrected chi connectivity index (χ0v) is 12.4. The van der Waals surface area contributed by atoms with Gasteiger partial charge >= 0.3 is 0 Å². The van der Waals surface area contributed by atoms with Gasteiger partial charge in [0.05, 0.1) is 18.8 Å². The molecule has 0 aromatic heterocycles. The molecule has 0 aromatic rings. The molecule has 0 spiro atoms. The molecule has 0 aliphatic carbocycles. The molecule has 0 bridgehead atoms. The van der Waals surface area contributed by atoms with Gasteiger partial charge in [-0.2, -0.15) is 17.0 Å². The van der Waals surface area contributed by atoms with Crippen molar-refractivity contribution in [2.24, 2.45) is 5.92 Å². The van der Waals surface area contributed by atoms with Crippen molar-refractivity contribution in [3.63, 3.8) is 0 Å². The molecule has 1 unspecified atom stereocenters. The number of ether oxygens (including phenoxy) is 1. The molecule has 2 aliphatic heterocycles. The van der Waals surface area contributed by atoms with Crippen molar-refractivity contribution in [3.8, 4) is 0 Å². The molecule has 6 heteroatoms. The van der Waals surface area contributed by atoms with Crippen LogP contribution in [0, 0.1) is 5.92 Å². The topological polar surface area (TPSA) is 49.9 Å². The predicted molar refractivity (Wildman–Crippen MR) is 70.5 cm³/mol. The van der Waals surface area contributed by atoms with Crippen molar-refractivity contribution in [1.29, 1.82) is 0 Å². The van der Waals surface area contributed by atoms with Gasteiger partial charge in [0.1, 0.15) is 0 Å². The van der Waals surface area contributed by atoms with Gasteiger partial charge < -0.3 is 4.74 Å². The van der Waals surface area contributed by atoms with E-state index in [0.717, 1.165) is 12.8 Å². The molecule has 2 fully saturated rings. The van der Waals surface area contributed by atoms with Crippen molar-refractivity contribution in [2.45, 2.75) is 39.2 Å². The Balaban J connectivity index is 2.19. The van der Waals surface area contributed by atoms with Crippen LogP contribution in [0.4, 0.5) is 0 Å². The van der Waals surface area contributed by atoms with E-state index in [2.05, 4.69) is 6.92 Å². The minimum atomic E-state index is -3.34. The number of rotatable bonds is 2. The number of piperidine rings is 1. The lowest BCUT2D eigenvalue weighted by Crippen LogP contribution is -2.60. The maximum Gasteiger partial charge on any atom is 0.282 e. The van der Waals surface area contributed by atoms with Crippen LogP contribution >= 0.6 is 0 Å². The first kappa shape index (κ1) is 14.2. The summed E-state index contributed by atoms with van der Waals surface area (Å²) in [5.74, 6) is 0.456. The second-order valence-electron chi connectivity index (χ2n) is 6.05. The van der Waals surface area contributed by atoms with Crippen LogP contribution in [0.5, 0.6) is 0 Å². The average Bonchev–Trinajstić information content (AvgIpc) is 2.28. The van der Waals surface area contributed by atoms with Crippen LogP contribution in [-0.2, 0) is 14.9 Å². The monoisotopic (exact) mass is 276 g/mol. The summed E-state index contributed by atoms with van der Waals surface area (Å²) in [6.45, 7) is 8.69. The lowest BCUT2D eigenvalue weighted by molar-refractivity contribution is -0.0111. The summed E-state index contributed by atoms with van der Waals surface area (Å²) < 4.78 is 34.0. The zero-order valence-electron chi connectivity index (χ0n) is 11.6. The van der Waals surface area contributed by atoms with E-state index in [-0.39, 0.29) is 0 Å². The summed E-state index contributed by atoms with van der Waals surface area (Å²) in [4.78, 5) is 0. The molecule has 0 saturated carbocycles. The van der Waals surface area contributed by atoms with Gasteiger partial charge in [0.15, 0.2) is 0 Å². The van der Waals surface area contributed by atoms with E-state index in [4.69, 9.17) is 4.74 Å². The minimum absolute atomic E-state index is 0.447. The molecule has 18 heavy (non-hydrogen) atoms. The molecular formula is C12H24N2O3S. The number of nitrogens with zero attached hydrogens (tertiary/aromatic N) is 2. The second kappa shape index (κ2) is 5.07. The molecule has 0 amide bonds. The highest BCUT2D eigenvalue weighted by atomic mass is 32.2. The molecule has 0 N–H and O–H groups in total. The normalized spacial score (nSPS) is 31.4. The van der Waals surface area contributed by atoms with Gasteiger partial charge in [0.25, 0.3) is 10.2 Å². The fourth-order valence-corrected chi connectivity index (χ4v) is 4.83. The first-order chi connectivity index (χ1) is 8.34. The standard InChI is InChI=1S/C12H24N2O3S/c1-11-5-4-6-13(9-11)18(15,16)14-7-8-17-10-12(14,2)3/h11H,4-10H2,1-3H3. The fraction of sp³-hybridized carbons (Fsp3) is 1.00. The molecule has 5 nitrogen and oxygen atoms in total. The Morgan fingerprint density at radius 1 is 1.28 bits per heavy atom. The van der Waals surface area contributed by atoms with Crippen molar-refractivity contribution < 1.29 is 13.2 Å². The fourth-order valence-electron chi connectivity index (χ4n) is 2.77. The van der Waals surface area contributed by atoms with Gasteiger partial charge in [-0.1, -0.05) is 6.92 Å². The Hall–Kier alpha value is -0.170. The Morgan fingerprint density at radius 3 is 2.61 bits per heavy atom. The summed E-state index contributed by atoms with van der Waals surface area (Å²) in [6, 6.07) is 0. The van der Waals surface area contributed by atoms with Gasteiger partial charge in [-0.3, -0.25) is 0 Å². The summed E-state index contributed by atoms with van der Waals surface area (Å²) >= 11 is 0. The quantitative estimate of drug-likeness (QED) is 0.758. The van der Waals surface area contributed by atoms with E-state index >= 15 is 0 Å². The predicted octanol–water partition coefficient (Wildman–Crippen LogP) is 1.07. The van der Waals surface area contributed by atoms with E-state index < -0.39 is 15.7 Å². The van der Waals surface area contributed by atoms with E-state index in [1.165, 1.54) is 0 Å². The maximum absolute atomic E-state index is 12.7. The molecule has 1 atom stereocenters. The van der Waals surface area contributed by atoms with Gasteiger partial charge in [0, 0.05) is 19.6 Å². The van der Waals surface area contributed by atoms with Crippen LogP contribution in [0.15, 0.2) is 0 Å². The number of hydrogen-bond donors (Lipinski definition) is 0. The van der Waals surface area contributed by atoms with Gasteiger partial charge in [0.2, 0.25) is 0 Å². The Bertz CT molecular complexity index is 394. The van der Waals surface area contributed by atoms with Crippen molar-refractivity contribution >= 4 is 10.2 Å². The van der Waals surface area contributed by atoms with Crippen LogP contribution in [0.1, 0.15) is 33.6 Å². The highest BCUT2D eigenvalue weighted by Crippen LogP contribution is 2.27. The van der Waals surface area contributed by atoms with E-state index in [1.807, 2.05) is 13.8 Å². The Labute approximate surface area is 110 Å². The average molecular weight is 276 g/mol. The Kier molecular flexibility index (Phi) is 4.02. The highest BCUT2D eigenvalue weighted by molar-refractivity contribution is 7.86. The van der Waals surface area contributed by atoms with Gasteiger partial charge in [-0.05, 0) is 32.6 Å². The van der Waals surface area contributed by atoms with Crippen molar-refractivity contribution in [3.05, 3.63) is 0 Å². The third kappa shape index (κ3) is 2.71. The molecular weight excluding hydrogens is 252 g/mol. The van der Waals surface area contributed by atoms with Crippen LogP contribution in [-0.4, -0.2) is 55.4 Å². The number of hydrogen-bond acceptors (Lipinski definition) is 3. The smallest absolute Gasteiger partial charge is 0.282 e. The SMILES string of the molecule is CC1CCCN(S(=O)(=O)N2CCOCC2(C)C)C1. The van der Waals surface area contributed by atoms with Crippen LogP contribution in [0.25, 0.3) is 0 Å². The van der Waals surface area contributed by atoms with Crippen LogP contribution in [0.3, 0.4) is 0 Å². The van der Waals surface area contributed by atoms with E-state index in [9.17, 15) is 8.42 Å². The first-order valence-electron chi connectivity index (χ1n) is 6.70. The minimum Gasteiger partial charge on any atom is -0.378 e. The van der Waals surface area contributed by atoms with E-state index in [0.29, 0.717) is 38.8 Å². The van der Waals surface area contributed by atoms with Crippen molar-refractivity contribution in [2.75, 3.05) is 32.8 Å². The summed E-state index contributed by atoms with van der Waals surface area (Å²) in [7, 11) is -3.34. The summed E-state index contributed by atoms with van der Waals surface area (Å²) in [5, 5.41) is 0. The second-order valence-corrected chi connectivity index (χ2v) is 7.90. The maximum atomic E-state index is 12.7. The molecule has 2 rings (SSSR count). The first-order valence-corrected chi connectivity index (χ1v) is 8.09.